The maximum Gasteiger partial charge on any atom is 0.230 e. The number of anilines is 2. The zero-order chi connectivity index (χ0) is 19.8. The lowest BCUT2D eigenvalue weighted by molar-refractivity contribution is -0.118. The largest absolute Gasteiger partial charge is 0.492 e. The summed E-state index contributed by atoms with van der Waals surface area (Å²) in [5.74, 6) is 1.05. The van der Waals surface area contributed by atoms with E-state index in [1.165, 1.54) is 28.7 Å². The van der Waals surface area contributed by atoms with Crippen molar-refractivity contribution in [2.75, 3.05) is 24.2 Å². The van der Waals surface area contributed by atoms with Crippen LogP contribution in [0.3, 0.4) is 0 Å². The first kappa shape index (κ1) is 20.2. The number of thioether (sulfide) groups is 1. The Balaban J connectivity index is 1.36. The Labute approximate surface area is 172 Å². The normalized spacial score (nSPS) is 10.5. The number of nitrogens with zero attached hydrogens (tertiary/aromatic N) is 2. The maximum atomic E-state index is 12.0. The van der Waals surface area contributed by atoms with E-state index in [0.717, 1.165) is 21.3 Å². The second kappa shape index (κ2) is 10.1. The highest BCUT2D eigenvalue weighted by atomic mass is 32.2. The van der Waals surface area contributed by atoms with Crippen molar-refractivity contribution >= 4 is 39.8 Å². The van der Waals surface area contributed by atoms with Crippen LogP contribution in [0.5, 0.6) is 5.75 Å². The average molecular weight is 415 g/mol. The number of ether oxygens (including phenoxy) is 1. The van der Waals surface area contributed by atoms with Gasteiger partial charge in [0.05, 0.1) is 12.3 Å². The van der Waals surface area contributed by atoms with E-state index in [-0.39, 0.29) is 5.91 Å². The Kier molecular flexibility index (Phi) is 7.27. The molecule has 0 saturated heterocycles. The first-order valence-corrected chi connectivity index (χ1v) is 10.6. The lowest BCUT2D eigenvalue weighted by Crippen LogP contribution is -2.29. The number of aromatic nitrogens is 2. The lowest BCUT2D eigenvalue weighted by Gasteiger charge is -2.07. The number of hydrogen-bond donors (Lipinski definition) is 2. The average Bonchev–Trinajstić information content (AvgIpc) is 3.11. The lowest BCUT2D eigenvalue weighted by atomic mass is 10.2. The molecule has 1 heterocycles. The molecule has 0 saturated carbocycles. The molecule has 0 fully saturated rings. The molecule has 0 atom stereocenters. The molecule has 0 bridgehead atoms. The van der Waals surface area contributed by atoms with Crippen LogP contribution < -0.4 is 15.4 Å². The number of aryl methyl sites for hydroxylation is 2. The molecule has 6 nitrogen and oxygen atoms in total. The van der Waals surface area contributed by atoms with Crippen LogP contribution in [-0.4, -0.2) is 35.0 Å². The molecule has 0 unspecified atom stereocenters. The summed E-state index contributed by atoms with van der Waals surface area (Å²) in [6, 6.07) is 15.9. The summed E-state index contributed by atoms with van der Waals surface area (Å²) in [7, 11) is 0. The van der Waals surface area contributed by atoms with Crippen molar-refractivity contribution in [3.8, 4) is 5.75 Å². The van der Waals surface area contributed by atoms with Gasteiger partial charge < -0.3 is 15.4 Å². The van der Waals surface area contributed by atoms with Crippen LogP contribution in [0.1, 0.15) is 11.1 Å². The Morgan fingerprint density at radius 3 is 2.68 bits per heavy atom. The van der Waals surface area contributed by atoms with Crippen molar-refractivity contribution < 1.29 is 9.53 Å². The van der Waals surface area contributed by atoms with Crippen LogP contribution in [0.25, 0.3) is 0 Å². The number of rotatable bonds is 9. The monoisotopic (exact) mass is 414 g/mol. The molecule has 1 amide bonds. The molecule has 2 N–H and O–H groups in total. The van der Waals surface area contributed by atoms with Crippen molar-refractivity contribution in [2.24, 2.45) is 0 Å². The number of carbonyl (C=O) groups excluding carboxylic acids is 1. The smallest absolute Gasteiger partial charge is 0.230 e. The predicted octanol–water partition coefficient (Wildman–Crippen LogP) is 4.19. The van der Waals surface area contributed by atoms with Crippen LogP contribution in [0, 0.1) is 13.8 Å². The number of nitrogens with one attached hydrogen (secondary N) is 2. The third kappa shape index (κ3) is 6.54. The predicted molar refractivity (Wildman–Crippen MR) is 115 cm³/mol. The Hall–Kier alpha value is -2.58. The number of benzene rings is 2. The minimum absolute atomic E-state index is 0.0544. The van der Waals surface area contributed by atoms with Gasteiger partial charge in [0.1, 0.15) is 12.4 Å². The molecule has 0 aliphatic carbocycles. The van der Waals surface area contributed by atoms with Crippen molar-refractivity contribution in [3.63, 3.8) is 0 Å². The van der Waals surface area contributed by atoms with Gasteiger partial charge in [0.25, 0.3) is 0 Å². The molecule has 0 aliphatic rings. The van der Waals surface area contributed by atoms with Gasteiger partial charge in [-0.15, -0.1) is 10.2 Å². The minimum atomic E-state index is -0.0544. The molecule has 8 heteroatoms. The number of amides is 1. The van der Waals surface area contributed by atoms with Crippen LogP contribution in [0.15, 0.2) is 52.9 Å². The standard InChI is InChI=1S/C20H22N4O2S2/c1-14-5-3-7-16(11-14)22-19-23-24-20(28-19)27-13-18(25)21-9-10-26-17-8-4-6-15(2)12-17/h3-8,11-12H,9-10,13H2,1-2H3,(H,21,25)(H,22,23). The molecular formula is C20H22N4O2S2. The number of hydrogen-bond acceptors (Lipinski definition) is 7. The third-order valence-corrected chi connectivity index (χ3v) is 5.66. The van der Waals surface area contributed by atoms with Gasteiger partial charge in [-0.3, -0.25) is 4.79 Å². The highest BCUT2D eigenvalue weighted by Crippen LogP contribution is 2.27. The summed E-state index contributed by atoms with van der Waals surface area (Å²) in [5, 5.41) is 15.0. The zero-order valence-corrected chi connectivity index (χ0v) is 17.4. The fraction of sp³-hybridized carbons (Fsp3) is 0.250. The van der Waals surface area contributed by atoms with Crippen molar-refractivity contribution in [3.05, 3.63) is 59.7 Å². The first-order chi connectivity index (χ1) is 13.6. The van der Waals surface area contributed by atoms with Crippen molar-refractivity contribution in [1.29, 1.82) is 0 Å². The van der Waals surface area contributed by atoms with Gasteiger partial charge >= 0.3 is 0 Å². The van der Waals surface area contributed by atoms with E-state index >= 15 is 0 Å². The maximum absolute atomic E-state index is 12.0. The Bertz CT molecular complexity index is 930. The molecule has 28 heavy (non-hydrogen) atoms. The van der Waals surface area contributed by atoms with E-state index in [9.17, 15) is 4.79 Å². The summed E-state index contributed by atoms with van der Waals surface area (Å²) in [5.41, 5.74) is 3.29. The molecule has 0 aliphatic heterocycles. The van der Waals surface area contributed by atoms with Gasteiger partial charge in [-0.25, -0.2) is 0 Å². The molecule has 0 radical (unpaired) electrons. The van der Waals surface area contributed by atoms with E-state index in [4.69, 9.17) is 4.74 Å². The third-order valence-electron chi connectivity index (χ3n) is 3.69. The van der Waals surface area contributed by atoms with Crippen LogP contribution in [0.2, 0.25) is 0 Å². The molecule has 3 aromatic rings. The van der Waals surface area contributed by atoms with Gasteiger partial charge in [-0.1, -0.05) is 47.4 Å². The molecule has 3 rings (SSSR count). The van der Waals surface area contributed by atoms with Crippen molar-refractivity contribution in [2.45, 2.75) is 18.2 Å². The quantitative estimate of drug-likeness (QED) is 0.404. The summed E-state index contributed by atoms with van der Waals surface area (Å²) in [4.78, 5) is 12.0. The molecule has 146 valence electrons. The summed E-state index contributed by atoms with van der Waals surface area (Å²) in [6.45, 7) is 4.95. The van der Waals surface area contributed by atoms with Gasteiger partial charge in [-0.2, -0.15) is 0 Å². The summed E-state index contributed by atoms with van der Waals surface area (Å²) >= 11 is 2.80. The van der Waals surface area contributed by atoms with E-state index in [1.54, 1.807) is 0 Å². The summed E-state index contributed by atoms with van der Waals surface area (Å²) < 4.78 is 6.37. The zero-order valence-electron chi connectivity index (χ0n) is 15.8. The Morgan fingerprint density at radius 1 is 1.11 bits per heavy atom. The second-order valence-corrected chi connectivity index (χ2v) is 8.37. The fourth-order valence-corrected chi connectivity index (χ4v) is 4.01. The fourth-order valence-electron chi connectivity index (χ4n) is 2.41. The highest BCUT2D eigenvalue weighted by Gasteiger charge is 2.08. The molecule has 1 aromatic heterocycles. The molecule has 0 spiro atoms. The SMILES string of the molecule is Cc1cccc(Nc2nnc(SCC(=O)NCCOc3cccc(C)c3)s2)c1. The van der Waals surface area contributed by atoms with Gasteiger partial charge in [0.2, 0.25) is 11.0 Å². The van der Waals surface area contributed by atoms with E-state index in [1.807, 2.05) is 62.4 Å². The first-order valence-electron chi connectivity index (χ1n) is 8.85. The second-order valence-electron chi connectivity index (χ2n) is 6.17. The molecular weight excluding hydrogens is 392 g/mol. The molecule has 2 aromatic carbocycles. The van der Waals surface area contributed by atoms with Crippen LogP contribution >= 0.6 is 23.1 Å². The van der Waals surface area contributed by atoms with Gasteiger partial charge in [-0.05, 0) is 49.2 Å². The minimum Gasteiger partial charge on any atom is -0.492 e. The van der Waals surface area contributed by atoms with E-state index in [2.05, 4.69) is 20.8 Å². The van der Waals surface area contributed by atoms with Gasteiger partial charge in [0, 0.05) is 5.69 Å². The highest BCUT2D eigenvalue weighted by molar-refractivity contribution is 8.01. The van der Waals surface area contributed by atoms with Crippen LogP contribution in [-0.2, 0) is 4.79 Å². The van der Waals surface area contributed by atoms with E-state index < -0.39 is 0 Å². The van der Waals surface area contributed by atoms with Crippen molar-refractivity contribution in [1.82, 2.24) is 15.5 Å². The topological polar surface area (TPSA) is 76.1 Å². The number of carbonyl (C=O) groups is 1. The van der Waals surface area contributed by atoms with E-state index in [0.29, 0.717) is 24.0 Å². The van der Waals surface area contributed by atoms with Crippen LogP contribution in [0.4, 0.5) is 10.8 Å². The summed E-state index contributed by atoms with van der Waals surface area (Å²) in [6.07, 6.45) is 0. The Morgan fingerprint density at radius 2 is 1.89 bits per heavy atom. The van der Waals surface area contributed by atoms with Gasteiger partial charge in [0.15, 0.2) is 4.34 Å².